The summed E-state index contributed by atoms with van der Waals surface area (Å²) in [6.07, 6.45) is 0.459. The molecule has 23 heavy (non-hydrogen) atoms. The van der Waals surface area contributed by atoms with E-state index in [9.17, 15) is 4.79 Å². The Balaban J connectivity index is 1.68. The summed E-state index contributed by atoms with van der Waals surface area (Å²) in [7, 11) is 1.64. The van der Waals surface area contributed by atoms with E-state index in [1.54, 1.807) is 7.11 Å². The number of hydrogen-bond donors (Lipinski definition) is 2. The molecule has 2 N–H and O–H groups in total. The Morgan fingerprint density at radius 2 is 1.70 bits per heavy atom. The molecular formula is C19H24N2O2. The summed E-state index contributed by atoms with van der Waals surface area (Å²) in [5.74, 6) is 0.832. The van der Waals surface area contributed by atoms with Crippen LogP contribution in [0.3, 0.4) is 0 Å². The zero-order chi connectivity index (χ0) is 16.5. The monoisotopic (exact) mass is 312 g/mol. The van der Waals surface area contributed by atoms with Crippen LogP contribution in [0.4, 0.5) is 0 Å². The zero-order valence-corrected chi connectivity index (χ0v) is 13.8. The summed E-state index contributed by atoms with van der Waals surface area (Å²) in [5, 5.41) is 6.23. The lowest BCUT2D eigenvalue weighted by atomic mass is 10.1. The molecule has 2 rings (SSSR count). The maximum Gasteiger partial charge on any atom is 0.221 e. The lowest BCUT2D eigenvalue weighted by molar-refractivity contribution is -0.121. The first kappa shape index (κ1) is 17.0. The summed E-state index contributed by atoms with van der Waals surface area (Å²) in [6, 6.07) is 16.0. The molecule has 2 aromatic rings. The van der Waals surface area contributed by atoms with Crippen LogP contribution < -0.4 is 15.4 Å². The second-order valence-corrected chi connectivity index (χ2v) is 5.44. The van der Waals surface area contributed by atoms with Crippen molar-refractivity contribution in [2.24, 2.45) is 0 Å². The predicted octanol–water partition coefficient (Wildman–Crippen LogP) is 2.80. The number of para-hydroxylation sites is 1. The first-order valence-electron chi connectivity index (χ1n) is 7.84. The summed E-state index contributed by atoms with van der Waals surface area (Å²) < 4.78 is 5.27. The molecule has 0 saturated carbocycles. The van der Waals surface area contributed by atoms with Gasteiger partial charge in [-0.3, -0.25) is 4.79 Å². The minimum Gasteiger partial charge on any atom is -0.496 e. The molecule has 122 valence electrons. The highest BCUT2D eigenvalue weighted by molar-refractivity contribution is 5.76. The van der Waals surface area contributed by atoms with Gasteiger partial charge < -0.3 is 15.4 Å². The fraction of sp³-hybridized carbons (Fsp3) is 0.316. The van der Waals surface area contributed by atoms with Crippen molar-refractivity contribution in [1.82, 2.24) is 10.6 Å². The van der Waals surface area contributed by atoms with Crippen molar-refractivity contribution in [2.45, 2.75) is 26.4 Å². The predicted molar refractivity (Wildman–Crippen MR) is 92.3 cm³/mol. The number of rotatable bonds is 8. The van der Waals surface area contributed by atoms with Crippen LogP contribution in [0.15, 0.2) is 48.5 Å². The SMILES string of the molecule is COc1ccccc1CNC(=O)CCNCc1ccccc1C. The van der Waals surface area contributed by atoms with E-state index in [1.165, 1.54) is 11.1 Å². The molecule has 0 heterocycles. The van der Waals surface area contributed by atoms with Crippen LogP contribution in [0.25, 0.3) is 0 Å². The van der Waals surface area contributed by atoms with E-state index >= 15 is 0 Å². The first-order chi connectivity index (χ1) is 11.2. The van der Waals surface area contributed by atoms with Gasteiger partial charge >= 0.3 is 0 Å². The number of aryl methyl sites for hydroxylation is 1. The minimum absolute atomic E-state index is 0.0354. The molecule has 1 amide bonds. The third-order valence-electron chi connectivity index (χ3n) is 3.77. The fourth-order valence-electron chi connectivity index (χ4n) is 2.36. The van der Waals surface area contributed by atoms with Crippen LogP contribution in [-0.2, 0) is 17.9 Å². The summed E-state index contributed by atoms with van der Waals surface area (Å²) in [5.41, 5.74) is 3.51. The summed E-state index contributed by atoms with van der Waals surface area (Å²) in [6.45, 7) is 4.02. The lowest BCUT2D eigenvalue weighted by Gasteiger charge is -2.10. The Bertz CT molecular complexity index is 641. The molecule has 0 spiro atoms. The molecule has 0 aromatic heterocycles. The van der Waals surface area contributed by atoms with Crippen molar-refractivity contribution >= 4 is 5.91 Å². The van der Waals surface area contributed by atoms with Crippen molar-refractivity contribution in [3.63, 3.8) is 0 Å². The number of carbonyl (C=O) groups is 1. The normalized spacial score (nSPS) is 10.3. The van der Waals surface area contributed by atoms with Gasteiger partial charge in [-0.2, -0.15) is 0 Å². The van der Waals surface area contributed by atoms with Crippen molar-refractivity contribution in [2.75, 3.05) is 13.7 Å². The van der Waals surface area contributed by atoms with Gasteiger partial charge in [-0.05, 0) is 24.1 Å². The molecule has 0 aliphatic heterocycles. The molecule has 2 aromatic carbocycles. The topological polar surface area (TPSA) is 50.4 Å². The number of ether oxygens (including phenoxy) is 1. The molecule has 0 saturated heterocycles. The van der Waals surface area contributed by atoms with Crippen LogP contribution in [0, 0.1) is 6.92 Å². The van der Waals surface area contributed by atoms with Gasteiger partial charge in [0.2, 0.25) is 5.91 Å². The van der Waals surface area contributed by atoms with Gasteiger partial charge in [0.25, 0.3) is 0 Å². The number of amides is 1. The van der Waals surface area contributed by atoms with Gasteiger partial charge in [0, 0.05) is 31.6 Å². The Kier molecular flexibility index (Phi) is 6.63. The van der Waals surface area contributed by atoms with Gasteiger partial charge in [0.1, 0.15) is 5.75 Å². The maximum absolute atomic E-state index is 11.9. The van der Waals surface area contributed by atoms with Crippen molar-refractivity contribution in [1.29, 1.82) is 0 Å². The molecule has 0 unspecified atom stereocenters. The first-order valence-corrected chi connectivity index (χ1v) is 7.84. The second-order valence-electron chi connectivity index (χ2n) is 5.44. The molecule has 4 heteroatoms. The lowest BCUT2D eigenvalue weighted by Crippen LogP contribution is -2.27. The van der Waals surface area contributed by atoms with Gasteiger partial charge in [0.15, 0.2) is 0 Å². The zero-order valence-electron chi connectivity index (χ0n) is 13.8. The van der Waals surface area contributed by atoms with Gasteiger partial charge in [-0.15, -0.1) is 0 Å². The van der Waals surface area contributed by atoms with Crippen LogP contribution in [-0.4, -0.2) is 19.6 Å². The van der Waals surface area contributed by atoms with E-state index < -0.39 is 0 Å². The summed E-state index contributed by atoms with van der Waals surface area (Å²) in [4.78, 5) is 11.9. The molecule has 0 aliphatic carbocycles. The Morgan fingerprint density at radius 3 is 2.43 bits per heavy atom. The Morgan fingerprint density at radius 1 is 1.00 bits per heavy atom. The average molecular weight is 312 g/mol. The third kappa shape index (κ3) is 5.42. The number of benzene rings is 2. The number of hydrogen-bond acceptors (Lipinski definition) is 3. The van der Waals surface area contributed by atoms with E-state index in [-0.39, 0.29) is 5.91 Å². The standard InChI is InChI=1S/C19H24N2O2/c1-15-7-3-4-8-16(15)13-20-12-11-19(22)21-14-17-9-5-6-10-18(17)23-2/h3-10,20H,11-14H2,1-2H3,(H,21,22). The van der Waals surface area contributed by atoms with Crippen molar-refractivity contribution in [3.05, 3.63) is 65.2 Å². The van der Waals surface area contributed by atoms with Crippen molar-refractivity contribution < 1.29 is 9.53 Å². The van der Waals surface area contributed by atoms with E-state index in [0.29, 0.717) is 19.5 Å². The molecule has 0 fully saturated rings. The number of carbonyl (C=O) groups excluding carboxylic acids is 1. The second kappa shape index (κ2) is 8.96. The van der Waals surface area contributed by atoms with Crippen LogP contribution in [0.1, 0.15) is 23.1 Å². The smallest absolute Gasteiger partial charge is 0.221 e. The summed E-state index contributed by atoms with van der Waals surface area (Å²) >= 11 is 0. The van der Waals surface area contributed by atoms with Crippen LogP contribution in [0.2, 0.25) is 0 Å². The van der Waals surface area contributed by atoms with E-state index in [1.807, 2.05) is 36.4 Å². The highest BCUT2D eigenvalue weighted by atomic mass is 16.5. The quantitative estimate of drug-likeness (QED) is 0.737. The third-order valence-corrected chi connectivity index (χ3v) is 3.77. The molecule has 0 bridgehead atoms. The van der Waals surface area contributed by atoms with E-state index in [4.69, 9.17) is 4.74 Å². The van der Waals surface area contributed by atoms with Crippen LogP contribution >= 0.6 is 0 Å². The molecular weight excluding hydrogens is 288 g/mol. The van der Waals surface area contributed by atoms with Gasteiger partial charge in [-0.1, -0.05) is 42.5 Å². The molecule has 0 radical (unpaired) electrons. The van der Waals surface area contributed by atoms with Gasteiger partial charge in [-0.25, -0.2) is 0 Å². The fourth-order valence-corrected chi connectivity index (χ4v) is 2.36. The van der Waals surface area contributed by atoms with Gasteiger partial charge in [0.05, 0.1) is 7.11 Å². The maximum atomic E-state index is 11.9. The Labute approximate surface area is 137 Å². The molecule has 4 nitrogen and oxygen atoms in total. The molecule has 0 aliphatic rings. The number of nitrogens with one attached hydrogen (secondary N) is 2. The van der Waals surface area contributed by atoms with E-state index in [0.717, 1.165) is 17.9 Å². The average Bonchev–Trinajstić information content (AvgIpc) is 2.58. The highest BCUT2D eigenvalue weighted by Gasteiger charge is 2.05. The largest absolute Gasteiger partial charge is 0.496 e. The minimum atomic E-state index is 0.0354. The molecule has 0 atom stereocenters. The van der Waals surface area contributed by atoms with E-state index in [2.05, 4.69) is 29.7 Å². The number of methoxy groups -OCH3 is 1. The van der Waals surface area contributed by atoms with Crippen molar-refractivity contribution in [3.8, 4) is 5.75 Å². The highest BCUT2D eigenvalue weighted by Crippen LogP contribution is 2.16. The van der Waals surface area contributed by atoms with Crippen LogP contribution in [0.5, 0.6) is 5.75 Å². The Hall–Kier alpha value is -2.33.